The fourth-order valence-electron chi connectivity index (χ4n) is 3.47. The molecule has 0 spiro atoms. The minimum Gasteiger partial charge on any atom is -0.389 e. The molecular formula is C22H31ClN2O3S. The van der Waals surface area contributed by atoms with E-state index < -0.39 is 6.10 Å². The van der Waals surface area contributed by atoms with Crippen LogP contribution in [0.5, 0.6) is 0 Å². The van der Waals surface area contributed by atoms with E-state index in [0.717, 1.165) is 57.9 Å². The maximum atomic E-state index is 10.5. The van der Waals surface area contributed by atoms with Crippen molar-refractivity contribution in [3.8, 4) is 0 Å². The third kappa shape index (κ3) is 8.34. The SMILES string of the molecule is O[C@@H](COCc1ccccc1Cl)CN(CCCN1CCOCC1)Cc1cccs1. The number of nitrogens with zero attached hydrogens (tertiary/aromatic N) is 2. The van der Waals surface area contributed by atoms with Gasteiger partial charge in [-0.2, -0.15) is 0 Å². The van der Waals surface area contributed by atoms with E-state index in [9.17, 15) is 5.11 Å². The van der Waals surface area contributed by atoms with Gasteiger partial charge in [0, 0.05) is 36.1 Å². The highest BCUT2D eigenvalue weighted by Gasteiger charge is 2.15. The highest BCUT2D eigenvalue weighted by atomic mass is 35.5. The maximum Gasteiger partial charge on any atom is 0.0900 e. The van der Waals surface area contributed by atoms with Gasteiger partial charge in [0.05, 0.1) is 32.5 Å². The predicted octanol–water partition coefficient (Wildman–Crippen LogP) is 3.50. The van der Waals surface area contributed by atoms with E-state index in [-0.39, 0.29) is 0 Å². The quantitative estimate of drug-likeness (QED) is 0.549. The van der Waals surface area contributed by atoms with Gasteiger partial charge in [0.15, 0.2) is 0 Å². The summed E-state index contributed by atoms with van der Waals surface area (Å²) in [5.41, 5.74) is 0.947. The summed E-state index contributed by atoms with van der Waals surface area (Å²) in [6, 6.07) is 11.9. The normalized spacial score (nSPS) is 16.4. The number of thiophene rings is 1. The van der Waals surface area contributed by atoms with Crippen LogP contribution in [0.25, 0.3) is 0 Å². The van der Waals surface area contributed by atoms with Crippen LogP contribution in [0.1, 0.15) is 16.9 Å². The molecule has 1 N–H and O–H groups in total. The van der Waals surface area contributed by atoms with Crippen molar-refractivity contribution in [2.24, 2.45) is 0 Å². The summed E-state index contributed by atoms with van der Waals surface area (Å²) in [6.07, 6.45) is 0.555. The Morgan fingerprint density at radius 1 is 1.21 bits per heavy atom. The standard InChI is InChI=1S/C22H31ClN2O3S/c23-22-7-2-1-5-19(22)17-28-18-20(26)15-25(16-21-6-3-14-29-21)9-4-8-24-10-12-27-13-11-24/h1-3,5-7,14,20,26H,4,8-13,15-18H2/t20-/m1/s1. The van der Waals surface area contributed by atoms with Crippen LogP contribution in [-0.4, -0.2) is 73.6 Å². The molecule has 3 rings (SSSR count). The summed E-state index contributed by atoms with van der Waals surface area (Å²) in [4.78, 5) is 6.10. The van der Waals surface area contributed by atoms with Crippen LogP contribution < -0.4 is 0 Å². The number of aliphatic hydroxyl groups excluding tert-OH is 1. The van der Waals surface area contributed by atoms with E-state index >= 15 is 0 Å². The van der Waals surface area contributed by atoms with E-state index in [0.29, 0.717) is 24.8 Å². The lowest BCUT2D eigenvalue weighted by Crippen LogP contribution is -2.39. The Hall–Kier alpha value is -0.990. The van der Waals surface area contributed by atoms with Gasteiger partial charge in [-0.1, -0.05) is 35.9 Å². The van der Waals surface area contributed by atoms with E-state index in [1.807, 2.05) is 24.3 Å². The molecule has 1 aliphatic rings. The van der Waals surface area contributed by atoms with Crippen LogP contribution in [0, 0.1) is 0 Å². The lowest BCUT2D eigenvalue weighted by Gasteiger charge is -2.29. The minimum absolute atomic E-state index is 0.301. The summed E-state index contributed by atoms with van der Waals surface area (Å²) in [7, 11) is 0. The molecular weight excluding hydrogens is 408 g/mol. The first-order valence-electron chi connectivity index (χ1n) is 10.2. The van der Waals surface area contributed by atoms with Crippen LogP contribution in [0.4, 0.5) is 0 Å². The molecule has 0 unspecified atom stereocenters. The van der Waals surface area contributed by atoms with Crippen LogP contribution in [0.2, 0.25) is 5.02 Å². The molecule has 160 valence electrons. The first-order chi connectivity index (χ1) is 14.2. The molecule has 1 atom stereocenters. The minimum atomic E-state index is -0.527. The second kappa shape index (κ2) is 12.6. The summed E-state index contributed by atoms with van der Waals surface area (Å²) < 4.78 is 11.1. The lowest BCUT2D eigenvalue weighted by atomic mass is 10.2. The van der Waals surface area contributed by atoms with Crippen molar-refractivity contribution in [1.29, 1.82) is 0 Å². The van der Waals surface area contributed by atoms with Gasteiger partial charge in [0.25, 0.3) is 0 Å². The third-order valence-corrected chi connectivity index (χ3v) is 6.24. The topological polar surface area (TPSA) is 45.2 Å². The number of ether oxygens (including phenoxy) is 2. The summed E-state index contributed by atoms with van der Waals surface area (Å²) in [6.45, 7) is 7.91. The number of benzene rings is 1. The number of morpholine rings is 1. The fourth-order valence-corrected chi connectivity index (χ4v) is 4.41. The monoisotopic (exact) mass is 438 g/mol. The van der Waals surface area contributed by atoms with Gasteiger partial charge in [-0.05, 0) is 42.6 Å². The molecule has 0 aliphatic carbocycles. The Kier molecular flexibility index (Phi) is 9.90. The molecule has 0 amide bonds. The smallest absolute Gasteiger partial charge is 0.0900 e. The molecule has 0 bridgehead atoms. The van der Waals surface area contributed by atoms with Crippen molar-refractivity contribution in [1.82, 2.24) is 9.80 Å². The molecule has 0 radical (unpaired) electrons. The highest BCUT2D eigenvalue weighted by Crippen LogP contribution is 2.16. The average molecular weight is 439 g/mol. The zero-order valence-corrected chi connectivity index (χ0v) is 18.4. The second-order valence-electron chi connectivity index (χ2n) is 7.38. The summed E-state index contributed by atoms with van der Waals surface area (Å²) in [5.74, 6) is 0. The predicted molar refractivity (Wildman–Crippen MR) is 119 cm³/mol. The van der Waals surface area contributed by atoms with Gasteiger partial charge in [-0.25, -0.2) is 0 Å². The van der Waals surface area contributed by atoms with Crippen molar-refractivity contribution in [3.63, 3.8) is 0 Å². The van der Waals surface area contributed by atoms with Crippen LogP contribution in [0.3, 0.4) is 0 Å². The van der Waals surface area contributed by atoms with Crippen LogP contribution >= 0.6 is 22.9 Å². The molecule has 5 nitrogen and oxygen atoms in total. The van der Waals surface area contributed by atoms with E-state index in [1.165, 1.54) is 4.88 Å². The summed E-state index contributed by atoms with van der Waals surface area (Å²) >= 11 is 7.92. The van der Waals surface area contributed by atoms with Gasteiger partial charge in [0.2, 0.25) is 0 Å². The molecule has 1 aromatic carbocycles. The van der Waals surface area contributed by atoms with Crippen molar-refractivity contribution in [3.05, 3.63) is 57.2 Å². The first-order valence-corrected chi connectivity index (χ1v) is 11.5. The van der Waals surface area contributed by atoms with Gasteiger partial charge in [0.1, 0.15) is 0 Å². The third-order valence-electron chi connectivity index (χ3n) is 5.01. The number of hydrogen-bond acceptors (Lipinski definition) is 6. The first kappa shape index (κ1) is 22.7. The van der Waals surface area contributed by atoms with E-state index in [2.05, 4.69) is 27.3 Å². The molecule has 2 aromatic rings. The molecule has 1 aliphatic heterocycles. The summed E-state index contributed by atoms with van der Waals surface area (Å²) in [5, 5.41) is 13.3. The van der Waals surface area contributed by atoms with Gasteiger partial charge < -0.3 is 14.6 Å². The molecule has 0 saturated carbocycles. The van der Waals surface area contributed by atoms with Crippen LogP contribution in [-0.2, 0) is 22.6 Å². The Balaban J connectivity index is 1.42. The largest absolute Gasteiger partial charge is 0.389 e. The van der Waals surface area contributed by atoms with E-state index in [1.54, 1.807) is 11.3 Å². The van der Waals surface area contributed by atoms with Crippen LogP contribution in [0.15, 0.2) is 41.8 Å². The molecule has 29 heavy (non-hydrogen) atoms. The molecule has 1 fully saturated rings. The van der Waals surface area contributed by atoms with Crippen molar-refractivity contribution < 1.29 is 14.6 Å². The second-order valence-corrected chi connectivity index (χ2v) is 8.82. The van der Waals surface area contributed by atoms with Gasteiger partial charge in [-0.15, -0.1) is 11.3 Å². The zero-order valence-electron chi connectivity index (χ0n) is 16.8. The van der Waals surface area contributed by atoms with E-state index in [4.69, 9.17) is 21.1 Å². The maximum absolute atomic E-state index is 10.5. The number of hydrogen-bond donors (Lipinski definition) is 1. The average Bonchev–Trinajstić information content (AvgIpc) is 3.23. The van der Waals surface area contributed by atoms with Crippen molar-refractivity contribution in [2.45, 2.75) is 25.7 Å². The Labute approximate surface area is 182 Å². The molecule has 7 heteroatoms. The van der Waals surface area contributed by atoms with Gasteiger partial charge in [-0.3, -0.25) is 9.80 Å². The Morgan fingerprint density at radius 3 is 2.79 bits per heavy atom. The number of rotatable bonds is 12. The van der Waals surface area contributed by atoms with Gasteiger partial charge >= 0.3 is 0 Å². The zero-order chi connectivity index (χ0) is 20.3. The van der Waals surface area contributed by atoms with Crippen molar-refractivity contribution in [2.75, 3.05) is 52.5 Å². The molecule has 1 aromatic heterocycles. The fraction of sp³-hybridized carbons (Fsp3) is 0.545. The van der Waals surface area contributed by atoms with Crippen molar-refractivity contribution >= 4 is 22.9 Å². The highest BCUT2D eigenvalue weighted by molar-refractivity contribution is 7.09. The molecule has 2 heterocycles. The lowest BCUT2D eigenvalue weighted by molar-refractivity contribution is 0.00674. The molecule has 1 saturated heterocycles. The number of aliphatic hydroxyl groups is 1. The Morgan fingerprint density at radius 2 is 2.03 bits per heavy atom. The Bertz CT molecular complexity index is 695. The number of halogens is 1.